The third-order valence-electron chi connectivity index (χ3n) is 1.77. The second-order valence-electron chi connectivity index (χ2n) is 4.61. The van der Waals surface area contributed by atoms with Crippen LogP contribution in [0.2, 0.25) is 6.32 Å². The molecule has 1 nitrogen and oxygen atoms in total. The Labute approximate surface area is 78.3 Å². The third kappa shape index (κ3) is 6.72. The lowest BCUT2D eigenvalue weighted by Gasteiger charge is -2.24. The van der Waals surface area contributed by atoms with E-state index in [1.807, 2.05) is 0 Å². The van der Waals surface area contributed by atoms with Crippen molar-refractivity contribution in [1.29, 1.82) is 0 Å². The maximum Gasteiger partial charge on any atom is 0.0653 e. The summed E-state index contributed by atoms with van der Waals surface area (Å²) in [5.41, 5.74) is 0.240. The van der Waals surface area contributed by atoms with Gasteiger partial charge in [0.2, 0.25) is 0 Å². The quantitative estimate of drug-likeness (QED) is 0.554. The van der Waals surface area contributed by atoms with E-state index in [-0.39, 0.29) is 5.41 Å². The topological polar surface area (TPSA) is 9.23 Å². The minimum atomic E-state index is 0.240. The van der Waals surface area contributed by atoms with Gasteiger partial charge in [0, 0.05) is 6.61 Å². The molecule has 2 heteroatoms. The van der Waals surface area contributed by atoms with Gasteiger partial charge in [-0.25, -0.2) is 0 Å². The summed E-state index contributed by atoms with van der Waals surface area (Å²) >= 11 is 0. The highest BCUT2D eigenvalue weighted by molar-refractivity contribution is 6.08. The molecule has 0 rings (SSSR count). The molecule has 0 saturated heterocycles. The fourth-order valence-corrected chi connectivity index (χ4v) is 1.03. The van der Waals surface area contributed by atoms with Crippen LogP contribution >= 0.6 is 0 Å². The summed E-state index contributed by atoms with van der Waals surface area (Å²) < 4.78 is 5.56. The molecule has 2 radical (unpaired) electrons. The first-order chi connectivity index (χ1) is 5.48. The van der Waals surface area contributed by atoms with Crippen LogP contribution in [0.25, 0.3) is 0 Å². The van der Waals surface area contributed by atoms with Crippen molar-refractivity contribution in [2.45, 2.75) is 40.4 Å². The minimum absolute atomic E-state index is 0.240. The maximum atomic E-state index is 5.56. The van der Waals surface area contributed by atoms with Crippen molar-refractivity contribution in [3.8, 4) is 0 Å². The lowest BCUT2D eigenvalue weighted by Crippen LogP contribution is -2.20. The van der Waals surface area contributed by atoms with Crippen molar-refractivity contribution in [3.63, 3.8) is 0 Å². The first-order valence-electron chi connectivity index (χ1n) is 4.76. The van der Waals surface area contributed by atoms with E-state index in [1.165, 1.54) is 0 Å². The van der Waals surface area contributed by atoms with Gasteiger partial charge in [-0.05, 0) is 11.3 Å². The van der Waals surface area contributed by atoms with Gasteiger partial charge in [-0.15, -0.1) is 0 Å². The molecule has 0 aliphatic carbocycles. The van der Waals surface area contributed by atoms with Crippen molar-refractivity contribution < 1.29 is 4.74 Å². The Morgan fingerprint density at radius 2 is 1.92 bits per heavy atom. The molecule has 0 aromatic rings. The molecule has 0 heterocycles. The fourth-order valence-electron chi connectivity index (χ4n) is 1.03. The molecule has 0 N–H and O–H groups in total. The smallest absolute Gasteiger partial charge is 0.0653 e. The summed E-state index contributed by atoms with van der Waals surface area (Å²) in [5, 5.41) is 0. The summed E-state index contributed by atoms with van der Waals surface area (Å²) in [6.45, 7) is 10.4. The molecular weight excluding hydrogens is 147 g/mol. The lowest BCUT2D eigenvalue weighted by atomic mass is 9.83. The highest BCUT2D eigenvalue weighted by Gasteiger charge is 2.16. The molecule has 0 atom stereocenters. The average Bonchev–Trinajstić information content (AvgIpc) is 1.85. The summed E-state index contributed by atoms with van der Waals surface area (Å²) in [5.74, 6) is 0.624. The standard InChI is InChI=1S/C10H21BO/c1-9(2)7-12-8-10(3,4)5-6-11/h9H,5-8H2,1-4H3. The molecule has 0 amide bonds. The van der Waals surface area contributed by atoms with Gasteiger partial charge < -0.3 is 4.74 Å². The Hall–Kier alpha value is 0.0249. The number of hydrogen-bond donors (Lipinski definition) is 0. The van der Waals surface area contributed by atoms with Crippen molar-refractivity contribution in [2.24, 2.45) is 11.3 Å². The van der Waals surface area contributed by atoms with Gasteiger partial charge >= 0.3 is 0 Å². The number of hydrogen-bond acceptors (Lipinski definition) is 1. The predicted octanol–water partition coefficient (Wildman–Crippen LogP) is 2.66. The summed E-state index contributed by atoms with van der Waals surface area (Å²) in [4.78, 5) is 0. The monoisotopic (exact) mass is 168 g/mol. The molecule has 0 saturated carbocycles. The van der Waals surface area contributed by atoms with E-state index in [0.29, 0.717) is 5.92 Å². The second-order valence-corrected chi connectivity index (χ2v) is 4.61. The molecule has 0 aromatic heterocycles. The first kappa shape index (κ1) is 12.0. The minimum Gasteiger partial charge on any atom is -0.381 e. The highest BCUT2D eigenvalue weighted by atomic mass is 16.5. The van der Waals surface area contributed by atoms with E-state index in [2.05, 4.69) is 27.7 Å². The maximum absolute atomic E-state index is 5.56. The fraction of sp³-hybridized carbons (Fsp3) is 1.00. The number of ether oxygens (including phenoxy) is 1. The zero-order valence-electron chi connectivity index (χ0n) is 8.89. The molecule has 0 aliphatic heterocycles. The van der Waals surface area contributed by atoms with Gasteiger partial charge in [-0.2, -0.15) is 0 Å². The van der Waals surface area contributed by atoms with E-state index in [0.717, 1.165) is 26.0 Å². The second kappa shape index (κ2) is 5.63. The Balaban J connectivity index is 3.46. The Bertz CT molecular complexity index is 110. The molecule has 0 fully saturated rings. The molecule has 0 aromatic carbocycles. The van der Waals surface area contributed by atoms with Crippen LogP contribution in [-0.2, 0) is 4.74 Å². The van der Waals surface area contributed by atoms with Gasteiger partial charge in [-0.1, -0.05) is 40.4 Å². The van der Waals surface area contributed by atoms with Crippen LogP contribution in [0.15, 0.2) is 0 Å². The van der Waals surface area contributed by atoms with Gasteiger partial charge in [0.25, 0.3) is 0 Å². The van der Waals surface area contributed by atoms with Gasteiger partial charge in [0.15, 0.2) is 0 Å². The largest absolute Gasteiger partial charge is 0.381 e. The van der Waals surface area contributed by atoms with E-state index in [9.17, 15) is 0 Å². The molecular formula is C10H21BO. The third-order valence-corrected chi connectivity index (χ3v) is 1.77. The molecule has 12 heavy (non-hydrogen) atoms. The zero-order valence-corrected chi connectivity index (χ0v) is 8.89. The Morgan fingerprint density at radius 3 is 2.33 bits per heavy atom. The first-order valence-corrected chi connectivity index (χ1v) is 4.76. The van der Waals surface area contributed by atoms with Crippen LogP contribution in [0, 0.1) is 11.3 Å². The van der Waals surface area contributed by atoms with E-state index in [1.54, 1.807) is 0 Å². The van der Waals surface area contributed by atoms with Crippen LogP contribution in [0.5, 0.6) is 0 Å². The molecule has 0 bridgehead atoms. The van der Waals surface area contributed by atoms with Gasteiger partial charge in [0.05, 0.1) is 14.5 Å². The van der Waals surface area contributed by atoms with Gasteiger partial charge in [0.1, 0.15) is 0 Å². The van der Waals surface area contributed by atoms with Crippen LogP contribution in [0.1, 0.15) is 34.1 Å². The van der Waals surface area contributed by atoms with E-state index < -0.39 is 0 Å². The highest BCUT2D eigenvalue weighted by Crippen LogP contribution is 2.22. The molecule has 0 aliphatic rings. The van der Waals surface area contributed by atoms with Gasteiger partial charge in [-0.3, -0.25) is 0 Å². The van der Waals surface area contributed by atoms with E-state index >= 15 is 0 Å². The predicted molar refractivity (Wildman–Crippen MR) is 54.6 cm³/mol. The normalized spacial score (nSPS) is 12.4. The molecule has 0 spiro atoms. The van der Waals surface area contributed by atoms with Crippen molar-refractivity contribution >= 4 is 7.85 Å². The van der Waals surface area contributed by atoms with Crippen LogP contribution in [-0.4, -0.2) is 21.1 Å². The molecule has 0 unspecified atom stereocenters. The zero-order chi connectivity index (χ0) is 9.61. The lowest BCUT2D eigenvalue weighted by molar-refractivity contribution is 0.0451. The molecule has 70 valence electrons. The van der Waals surface area contributed by atoms with Crippen LogP contribution < -0.4 is 0 Å². The van der Waals surface area contributed by atoms with Crippen molar-refractivity contribution in [3.05, 3.63) is 0 Å². The SMILES string of the molecule is [B]CCC(C)(C)COCC(C)C. The summed E-state index contributed by atoms with van der Waals surface area (Å²) in [6.07, 6.45) is 1.78. The Kier molecular flexibility index (Phi) is 5.64. The van der Waals surface area contributed by atoms with Crippen molar-refractivity contribution in [2.75, 3.05) is 13.2 Å². The summed E-state index contributed by atoms with van der Waals surface area (Å²) in [6, 6.07) is 0. The Morgan fingerprint density at radius 1 is 1.33 bits per heavy atom. The van der Waals surface area contributed by atoms with E-state index in [4.69, 9.17) is 12.6 Å². The van der Waals surface area contributed by atoms with Crippen LogP contribution in [0.4, 0.5) is 0 Å². The average molecular weight is 168 g/mol. The number of rotatable bonds is 6. The summed E-state index contributed by atoms with van der Waals surface area (Å²) in [7, 11) is 5.49. The van der Waals surface area contributed by atoms with Crippen LogP contribution in [0.3, 0.4) is 0 Å². The van der Waals surface area contributed by atoms with Crippen molar-refractivity contribution in [1.82, 2.24) is 0 Å².